The second kappa shape index (κ2) is 13.0. The summed E-state index contributed by atoms with van der Waals surface area (Å²) in [4.78, 5) is 46.9. The highest BCUT2D eigenvalue weighted by Crippen LogP contribution is 2.31. The van der Waals surface area contributed by atoms with Crippen molar-refractivity contribution in [3.63, 3.8) is 0 Å². The molecule has 42 heavy (non-hydrogen) atoms. The van der Waals surface area contributed by atoms with Gasteiger partial charge in [0, 0.05) is 49.3 Å². The molecule has 0 radical (unpaired) electrons. The summed E-state index contributed by atoms with van der Waals surface area (Å²) in [5, 5.41) is 5.67. The van der Waals surface area contributed by atoms with Gasteiger partial charge < -0.3 is 24.5 Å². The lowest BCUT2D eigenvalue weighted by atomic mass is 10.1. The van der Waals surface area contributed by atoms with Gasteiger partial charge in [-0.3, -0.25) is 9.36 Å². The smallest absolute Gasteiger partial charge is 0.427 e. The Morgan fingerprint density at radius 1 is 1.07 bits per heavy atom. The van der Waals surface area contributed by atoms with Crippen molar-refractivity contribution in [3.8, 4) is 0 Å². The number of hydrogen-bond acceptors (Lipinski definition) is 11. The third kappa shape index (κ3) is 7.35. The minimum absolute atomic E-state index is 0.0119. The number of pyridine rings is 2. The van der Waals surface area contributed by atoms with Gasteiger partial charge in [-0.15, -0.1) is 5.06 Å². The number of hydrogen-bond donors (Lipinski definition) is 1. The zero-order valence-corrected chi connectivity index (χ0v) is 25.0. The maximum atomic E-state index is 13.5. The number of rotatable bonds is 9. The highest BCUT2D eigenvalue weighted by molar-refractivity contribution is 5.76. The van der Waals surface area contributed by atoms with E-state index in [1.165, 1.54) is 0 Å². The maximum Gasteiger partial charge on any atom is 0.528 e. The summed E-state index contributed by atoms with van der Waals surface area (Å²) in [6.07, 6.45) is 7.62. The highest BCUT2D eigenvalue weighted by atomic mass is 16.8. The standard InChI is InChI=1S/C30H41N7O5/c1-5-40-17-12-21-18-22-19-32-28(34-26(22)37(27(21)38)23-8-6-7-9-23)33-25-11-10-24(20-31-25)35-13-15-36(16-14-35)42-29(39)41-30(2,3)4/h10-11,18-20,23H,5-9,12-17H2,1-4H3,(H,31,32,33,34). The molecule has 12 heteroatoms. The fourth-order valence-electron chi connectivity index (χ4n) is 5.42. The summed E-state index contributed by atoms with van der Waals surface area (Å²) in [5.41, 5.74) is 1.76. The lowest BCUT2D eigenvalue weighted by Gasteiger charge is -2.34. The summed E-state index contributed by atoms with van der Waals surface area (Å²) >= 11 is 0. The number of carbonyl (C=O) groups is 1. The molecule has 0 spiro atoms. The van der Waals surface area contributed by atoms with E-state index in [9.17, 15) is 9.59 Å². The molecule has 1 aliphatic carbocycles. The molecule has 1 aliphatic heterocycles. The molecule has 3 aromatic heterocycles. The van der Waals surface area contributed by atoms with Crippen molar-refractivity contribution in [2.45, 2.75) is 71.4 Å². The van der Waals surface area contributed by atoms with Crippen molar-refractivity contribution < 1.29 is 19.1 Å². The van der Waals surface area contributed by atoms with Crippen LogP contribution in [0.4, 0.5) is 22.2 Å². The van der Waals surface area contributed by atoms with Crippen LogP contribution in [0.3, 0.4) is 0 Å². The lowest BCUT2D eigenvalue weighted by Crippen LogP contribution is -2.47. The first-order valence-electron chi connectivity index (χ1n) is 14.8. The SMILES string of the molecule is CCOCCc1cc2cnc(Nc3ccc(N4CCN(OC(=O)OC(C)(C)C)CC4)cn3)nc2n(C2CCCC2)c1=O. The van der Waals surface area contributed by atoms with Crippen LogP contribution < -0.4 is 15.8 Å². The number of piperazine rings is 1. The quantitative estimate of drug-likeness (QED) is 0.282. The van der Waals surface area contributed by atoms with Crippen LogP contribution in [0, 0.1) is 0 Å². The Kier molecular flexibility index (Phi) is 9.22. The lowest BCUT2D eigenvalue weighted by molar-refractivity contribution is -0.144. The first-order valence-corrected chi connectivity index (χ1v) is 14.8. The molecule has 5 rings (SSSR count). The van der Waals surface area contributed by atoms with E-state index in [4.69, 9.17) is 19.3 Å². The normalized spacial score (nSPS) is 16.6. The molecule has 1 N–H and O–H groups in total. The van der Waals surface area contributed by atoms with E-state index in [0.717, 1.165) is 42.3 Å². The van der Waals surface area contributed by atoms with E-state index < -0.39 is 11.8 Å². The van der Waals surface area contributed by atoms with E-state index in [2.05, 4.69) is 20.2 Å². The Morgan fingerprint density at radius 2 is 1.83 bits per heavy atom. The van der Waals surface area contributed by atoms with E-state index >= 15 is 0 Å². The van der Waals surface area contributed by atoms with E-state index in [1.807, 2.05) is 29.7 Å². The summed E-state index contributed by atoms with van der Waals surface area (Å²) < 4.78 is 12.6. The van der Waals surface area contributed by atoms with E-state index in [-0.39, 0.29) is 11.6 Å². The van der Waals surface area contributed by atoms with E-state index in [1.54, 1.807) is 38.2 Å². The van der Waals surface area contributed by atoms with Gasteiger partial charge in [-0.2, -0.15) is 4.98 Å². The minimum Gasteiger partial charge on any atom is -0.427 e. The fourth-order valence-corrected chi connectivity index (χ4v) is 5.42. The number of nitrogens with one attached hydrogen (secondary N) is 1. The number of hydroxylamine groups is 2. The van der Waals surface area contributed by atoms with Crippen molar-refractivity contribution >= 4 is 34.6 Å². The first-order chi connectivity index (χ1) is 20.2. The number of ether oxygens (including phenoxy) is 2. The van der Waals surface area contributed by atoms with Gasteiger partial charge in [-0.25, -0.2) is 14.8 Å². The number of nitrogens with zero attached hydrogens (tertiary/aromatic N) is 6. The third-order valence-corrected chi connectivity index (χ3v) is 7.44. The highest BCUT2D eigenvalue weighted by Gasteiger charge is 2.25. The molecule has 0 amide bonds. The van der Waals surface area contributed by atoms with Gasteiger partial charge in [0.25, 0.3) is 5.56 Å². The Bertz CT molecular complexity index is 1420. The predicted molar refractivity (Wildman–Crippen MR) is 160 cm³/mol. The van der Waals surface area contributed by atoms with Crippen molar-refractivity contribution in [1.82, 2.24) is 24.6 Å². The molecule has 0 bridgehead atoms. The third-order valence-electron chi connectivity index (χ3n) is 7.44. The average molecular weight is 580 g/mol. The molecule has 226 valence electrons. The monoisotopic (exact) mass is 579 g/mol. The van der Waals surface area contributed by atoms with Crippen molar-refractivity contribution in [3.05, 3.63) is 46.5 Å². The van der Waals surface area contributed by atoms with Crippen LogP contribution in [0.5, 0.6) is 0 Å². The number of fused-ring (bicyclic) bond motifs is 1. The van der Waals surface area contributed by atoms with Gasteiger partial charge >= 0.3 is 6.16 Å². The van der Waals surface area contributed by atoms with Crippen LogP contribution in [-0.4, -0.2) is 75.7 Å². The van der Waals surface area contributed by atoms with Gasteiger partial charge in [0.2, 0.25) is 5.95 Å². The Labute approximate surface area is 246 Å². The molecule has 1 saturated heterocycles. The molecule has 1 saturated carbocycles. The predicted octanol–water partition coefficient (Wildman–Crippen LogP) is 4.61. The fraction of sp³-hybridized carbons (Fsp3) is 0.567. The first kappa shape index (κ1) is 29.7. The van der Waals surface area contributed by atoms with Gasteiger partial charge in [-0.05, 0) is 58.7 Å². The molecule has 2 aliphatic rings. The molecule has 4 heterocycles. The van der Waals surface area contributed by atoms with Crippen LogP contribution >= 0.6 is 0 Å². The minimum atomic E-state index is -0.689. The summed E-state index contributed by atoms with van der Waals surface area (Å²) in [6, 6.07) is 5.91. The van der Waals surface area contributed by atoms with Crippen LogP contribution in [0.1, 0.15) is 65.0 Å². The molecule has 0 atom stereocenters. The van der Waals surface area contributed by atoms with Gasteiger partial charge in [-0.1, -0.05) is 12.8 Å². The second-order valence-electron chi connectivity index (χ2n) is 11.7. The summed E-state index contributed by atoms with van der Waals surface area (Å²) in [7, 11) is 0. The zero-order valence-electron chi connectivity index (χ0n) is 25.0. The van der Waals surface area contributed by atoms with E-state index in [0.29, 0.717) is 63.2 Å². The summed E-state index contributed by atoms with van der Waals surface area (Å²) in [6.45, 7) is 11.0. The van der Waals surface area contributed by atoms with Crippen molar-refractivity contribution in [1.29, 1.82) is 0 Å². The van der Waals surface area contributed by atoms with Crippen LogP contribution in [-0.2, 0) is 20.7 Å². The maximum absolute atomic E-state index is 13.5. The molecular weight excluding hydrogens is 538 g/mol. The van der Waals surface area contributed by atoms with Gasteiger partial charge in [0.15, 0.2) is 0 Å². The van der Waals surface area contributed by atoms with Crippen molar-refractivity contribution in [2.24, 2.45) is 0 Å². The Balaban J connectivity index is 1.26. The average Bonchev–Trinajstić information content (AvgIpc) is 3.48. The van der Waals surface area contributed by atoms with Crippen molar-refractivity contribution in [2.75, 3.05) is 49.6 Å². The molecule has 0 unspecified atom stereocenters. The molecular formula is C30H41N7O5. The number of anilines is 3. The van der Waals surface area contributed by atoms with Crippen LogP contribution in [0.2, 0.25) is 0 Å². The molecule has 2 fully saturated rings. The van der Waals surface area contributed by atoms with Crippen LogP contribution in [0.15, 0.2) is 35.4 Å². The zero-order chi connectivity index (χ0) is 29.7. The topological polar surface area (TPSA) is 124 Å². The van der Waals surface area contributed by atoms with Crippen LogP contribution in [0.25, 0.3) is 11.0 Å². The Hall–Kier alpha value is -3.77. The number of carbonyl (C=O) groups excluding carboxylic acids is 1. The van der Waals surface area contributed by atoms with Gasteiger partial charge in [0.1, 0.15) is 17.1 Å². The largest absolute Gasteiger partial charge is 0.528 e. The number of aromatic nitrogens is 4. The second-order valence-corrected chi connectivity index (χ2v) is 11.7. The molecule has 3 aromatic rings. The van der Waals surface area contributed by atoms with Gasteiger partial charge in [0.05, 0.1) is 31.6 Å². The molecule has 0 aromatic carbocycles. The molecule has 12 nitrogen and oxygen atoms in total. The summed E-state index contributed by atoms with van der Waals surface area (Å²) in [5.74, 6) is 0.997. The Morgan fingerprint density at radius 3 is 2.50 bits per heavy atom.